The Morgan fingerprint density at radius 1 is 1.40 bits per heavy atom. The number of nitrogens with one attached hydrogen (secondary N) is 1. The van der Waals surface area contributed by atoms with E-state index in [-0.39, 0.29) is 5.91 Å². The number of anilines is 1. The lowest BCUT2D eigenvalue weighted by atomic mass is 9.85. The van der Waals surface area contributed by atoms with Crippen LogP contribution in [0.25, 0.3) is 0 Å². The standard InChI is InChI=1S/C12H13NO2/c1-12(2)9-7-8(5-6-14)3-4-10(9)13-11(12)15/h3-4,6-7H,5H2,1-2H3,(H,13,15). The SMILES string of the molecule is CC1(C)C(=O)Nc2ccc(CC=O)cc21. The molecular formula is C12H13NO2. The maximum atomic E-state index is 11.6. The Morgan fingerprint density at radius 2 is 2.13 bits per heavy atom. The zero-order chi connectivity index (χ0) is 11.1. The van der Waals surface area contributed by atoms with E-state index in [0.29, 0.717) is 6.42 Å². The monoisotopic (exact) mass is 203 g/mol. The lowest BCUT2D eigenvalue weighted by Gasteiger charge is -2.15. The van der Waals surface area contributed by atoms with Gasteiger partial charge >= 0.3 is 0 Å². The molecule has 0 saturated heterocycles. The van der Waals surface area contributed by atoms with Crippen LogP contribution in [0, 0.1) is 0 Å². The number of aldehydes is 1. The molecule has 1 heterocycles. The summed E-state index contributed by atoms with van der Waals surface area (Å²) in [5.74, 6) is 0.0146. The van der Waals surface area contributed by atoms with Crippen LogP contribution in [0.5, 0.6) is 0 Å². The Kier molecular flexibility index (Phi) is 2.11. The second kappa shape index (κ2) is 3.19. The van der Waals surface area contributed by atoms with Crippen LogP contribution in [0.4, 0.5) is 5.69 Å². The van der Waals surface area contributed by atoms with E-state index in [0.717, 1.165) is 23.1 Å². The zero-order valence-electron chi connectivity index (χ0n) is 8.83. The molecule has 1 aromatic carbocycles. The van der Waals surface area contributed by atoms with Crippen LogP contribution in [0.1, 0.15) is 25.0 Å². The van der Waals surface area contributed by atoms with Crippen molar-refractivity contribution in [2.45, 2.75) is 25.7 Å². The Balaban J connectivity index is 2.49. The first-order chi connectivity index (χ1) is 7.05. The van der Waals surface area contributed by atoms with Crippen molar-refractivity contribution in [2.75, 3.05) is 5.32 Å². The summed E-state index contributed by atoms with van der Waals surface area (Å²) in [6, 6.07) is 5.66. The average molecular weight is 203 g/mol. The number of carbonyl (C=O) groups excluding carboxylic acids is 2. The van der Waals surface area contributed by atoms with Gasteiger partial charge in [-0.2, -0.15) is 0 Å². The van der Waals surface area contributed by atoms with Gasteiger partial charge in [-0.1, -0.05) is 12.1 Å². The first-order valence-electron chi connectivity index (χ1n) is 4.94. The van der Waals surface area contributed by atoms with Gasteiger partial charge in [0.2, 0.25) is 5.91 Å². The zero-order valence-corrected chi connectivity index (χ0v) is 8.83. The number of amides is 1. The normalized spacial score (nSPS) is 17.1. The summed E-state index contributed by atoms with van der Waals surface area (Å²) in [4.78, 5) is 22.1. The summed E-state index contributed by atoms with van der Waals surface area (Å²) < 4.78 is 0. The third kappa shape index (κ3) is 1.44. The highest BCUT2D eigenvalue weighted by atomic mass is 16.2. The topological polar surface area (TPSA) is 46.2 Å². The van der Waals surface area contributed by atoms with Crippen LogP contribution >= 0.6 is 0 Å². The van der Waals surface area contributed by atoms with Gasteiger partial charge in [-0.3, -0.25) is 4.79 Å². The van der Waals surface area contributed by atoms with Crippen molar-refractivity contribution in [1.29, 1.82) is 0 Å². The predicted molar refractivity (Wildman–Crippen MR) is 57.9 cm³/mol. The molecule has 3 heteroatoms. The number of fused-ring (bicyclic) bond motifs is 1. The maximum Gasteiger partial charge on any atom is 0.234 e. The Bertz CT molecular complexity index is 435. The van der Waals surface area contributed by atoms with Crippen molar-refractivity contribution in [1.82, 2.24) is 0 Å². The molecule has 0 aliphatic carbocycles. The average Bonchev–Trinajstić information content (AvgIpc) is 2.40. The molecular weight excluding hydrogens is 190 g/mol. The molecule has 0 fully saturated rings. The Labute approximate surface area is 88.5 Å². The molecule has 1 aromatic rings. The van der Waals surface area contributed by atoms with Gasteiger partial charge in [0.1, 0.15) is 6.29 Å². The molecule has 1 aliphatic heterocycles. The van der Waals surface area contributed by atoms with Gasteiger partial charge in [0.15, 0.2) is 0 Å². The smallest absolute Gasteiger partial charge is 0.234 e. The summed E-state index contributed by atoms with van der Waals surface area (Å²) in [7, 11) is 0. The summed E-state index contributed by atoms with van der Waals surface area (Å²) in [5, 5.41) is 2.83. The molecule has 2 rings (SSSR count). The number of rotatable bonds is 2. The highest BCUT2D eigenvalue weighted by molar-refractivity contribution is 6.05. The number of hydrogen-bond acceptors (Lipinski definition) is 2. The van der Waals surface area contributed by atoms with Gasteiger partial charge in [0.05, 0.1) is 5.41 Å². The van der Waals surface area contributed by atoms with E-state index in [4.69, 9.17) is 0 Å². The molecule has 0 atom stereocenters. The Hall–Kier alpha value is -1.64. The molecule has 1 amide bonds. The summed E-state index contributed by atoms with van der Waals surface area (Å²) in [6.07, 6.45) is 1.27. The molecule has 0 unspecified atom stereocenters. The van der Waals surface area contributed by atoms with Crippen molar-refractivity contribution in [2.24, 2.45) is 0 Å². The lowest BCUT2D eigenvalue weighted by molar-refractivity contribution is -0.119. The fraction of sp³-hybridized carbons (Fsp3) is 0.333. The quantitative estimate of drug-likeness (QED) is 0.743. The van der Waals surface area contributed by atoms with Crippen LogP contribution in [0.2, 0.25) is 0 Å². The van der Waals surface area contributed by atoms with Gasteiger partial charge in [-0.25, -0.2) is 0 Å². The van der Waals surface area contributed by atoms with Crippen LogP contribution in [0.15, 0.2) is 18.2 Å². The Morgan fingerprint density at radius 3 is 2.80 bits per heavy atom. The molecule has 1 N–H and O–H groups in total. The van der Waals surface area contributed by atoms with Crippen LogP contribution < -0.4 is 5.32 Å². The second-order valence-electron chi connectivity index (χ2n) is 4.33. The van der Waals surface area contributed by atoms with Crippen molar-refractivity contribution >= 4 is 17.9 Å². The molecule has 1 aliphatic rings. The molecule has 3 nitrogen and oxygen atoms in total. The van der Waals surface area contributed by atoms with E-state index in [1.807, 2.05) is 32.0 Å². The van der Waals surface area contributed by atoms with E-state index in [2.05, 4.69) is 5.32 Å². The van der Waals surface area contributed by atoms with E-state index < -0.39 is 5.41 Å². The van der Waals surface area contributed by atoms with Gasteiger partial charge in [-0.05, 0) is 31.0 Å². The lowest BCUT2D eigenvalue weighted by Crippen LogP contribution is -2.26. The van der Waals surface area contributed by atoms with Crippen LogP contribution in [-0.4, -0.2) is 12.2 Å². The van der Waals surface area contributed by atoms with E-state index in [9.17, 15) is 9.59 Å². The highest BCUT2D eigenvalue weighted by Crippen LogP contribution is 2.37. The minimum atomic E-state index is -0.492. The third-order valence-electron chi connectivity index (χ3n) is 2.89. The first kappa shape index (κ1) is 9.90. The largest absolute Gasteiger partial charge is 0.325 e. The highest BCUT2D eigenvalue weighted by Gasteiger charge is 2.38. The number of hydrogen-bond donors (Lipinski definition) is 1. The van der Waals surface area contributed by atoms with E-state index >= 15 is 0 Å². The fourth-order valence-corrected chi connectivity index (χ4v) is 1.84. The van der Waals surface area contributed by atoms with Crippen LogP contribution in [-0.2, 0) is 21.4 Å². The molecule has 78 valence electrons. The summed E-state index contributed by atoms with van der Waals surface area (Å²) >= 11 is 0. The molecule has 0 bridgehead atoms. The minimum Gasteiger partial charge on any atom is -0.325 e. The van der Waals surface area contributed by atoms with Crippen molar-refractivity contribution in [3.63, 3.8) is 0 Å². The van der Waals surface area contributed by atoms with Gasteiger partial charge in [0, 0.05) is 12.1 Å². The van der Waals surface area contributed by atoms with Crippen molar-refractivity contribution in [3.8, 4) is 0 Å². The maximum absolute atomic E-state index is 11.6. The fourth-order valence-electron chi connectivity index (χ4n) is 1.84. The van der Waals surface area contributed by atoms with Crippen molar-refractivity contribution in [3.05, 3.63) is 29.3 Å². The summed E-state index contributed by atoms with van der Waals surface area (Å²) in [5.41, 5.74) is 2.30. The van der Waals surface area contributed by atoms with Gasteiger partial charge < -0.3 is 10.1 Å². The van der Waals surface area contributed by atoms with Gasteiger partial charge in [0.25, 0.3) is 0 Å². The first-order valence-corrected chi connectivity index (χ1v) is 4.94. The minimum absolute atomic E-state index is 0.0146. The third-order valence-corrected chi connectivity index (χ3v) is 2.89. The molecule has 0 radical (unpaired) electrons. The molecule has 0 aromatic heterocycles. The molecule has 0 saturated carbocycles. The van der Waals surface area contributed by atoms with Crippen LogP contribution in [0.3, 0.4) is 0 Å². The summed E-state index contributed by atoms with van der Waals surface area (Å²) in [6.45, 7) is 3.78. The van der Waals surface area contributed by atoms with E-state index in [1.54, 1.807) is 0 Å². The van der Waals surface area contributed by atoms with Gasteiger partial charge in [-0.15, -0.1) is 0 Å². The predicted octanol–water partition coefficient (Wildman–Crippen LogP) is 1.66. The van der Waals surface area contributed by atoms with Crippen molar-refractivity contribution < 1.29 is 9.59 Å². The number of benzene rings is 1. The number of carbonyl (C=O) groups is 2. The van der Waals surface area contributed by atoms with E-state index in [1.165, 1.54) is 0 Å². The second-order valence-corrected chi connectivity index (χ2v) is 4.33. The molecule has 0 spiro atoms. The molecule has 15 heavy (non-hydrogen) atoms.